The molecular weight excluding hydrogens is 264 g/mol. The third-order valence-electron chi connectivity index (χ3n) is 2.01. The number of rotatable bonds is 1. The number of hydrogen-bond acceptors (Lipinski definition) is 2. The van der Waals surface area contributed by atoms with Crippen LogP contribution in [0.2, 0.25) is 0 Å². The molecule has 2 nitrogen and oxygen atoms in total. The maximum atomic E-state index is 11.4. The van der Waals surface area contributed by atoms with Crippen molar-refractivity contribution in [1.29, 1.82) is 0 Å². The van der Waals surface area contributed by atoms with Gasteiger partial charge in [-0.2, -0.15) is 0 Å². The van der Waals surface area contributed by atoms with Crippen LogP contribution in [-0.4, -0.2) is 8.42 Å². The molecule has 0 N–H and O–H groups in total. The Morgan fingerprint density at radius 3 is 2.29 bits per heavy atom. The molecule has 0 aliphatic carbocycles. The van der Waals surface area contributed by atoms with Crippen LogP contribution in [0.25, 0.3) is 10.8 Å². The highest BCUT2D eigenvalue weighted by atomic mass is 79.9. The summed E-state index contributed by atoms with van der Waals surface area (Å²) in [6, 6.07) is 12.6. The largest absolute Gasteiger partial charge is 0.238 e. The Hall–Kier alpha value is -0.870. The van der Waals surface area contributed by atoms with Crippen LogP contribution in [0.3, 0.4) is 0 Å². The average molecular weight is 271 g/mol. The monoisotopic (exact) mass is 270 g/mol. The fraction of sp³-hybridized carbons (Fsp3) is 0. The molecule has 2 aromatic rings. The van der Waals surface area contributed by atoms with E-state index in [1.165, 1.54) is 0 Å². The van der Waals surface area contributed by atoms with Crippen LogP contribution < -0.4 is 0 Å². The zero-order chi connectivity index (χ0) is 10.2. The standard InChI is InChI=1S/C10H7BrO2S/c11-14(12,13)10-7-3-5-8-4-1-2-6-9(8)10/h1-7H. The predicted octanol–water partition coefficient (Wildman–Crippen LogP) is 2.92. The average Bonchev–Trinajstić information content (AvgIpc) is 2.15. The maximum Gasteiger partial charge on any atom is 0.238 e. The van der Waals surface area contributed by atoms with Crippen LogP contribution in [-0.2, 0) is 8.27 Å². The van der Waals surface area contributed by atoms with Crippen molar-refractivity contribution in [3.05, 3.63) is 42.5 Å². The van der Waals surface area contributed by atoms with E-state index in [9.17, 15) is 8.42 Å². The van der Waals surface area contributed by atoms with Gasteiger partial charge in [0.2, 0.25) is 8.27 Å². The molecule has 0 saturated carbocycles. The molecular formula is C10H7BrO2S. The van der Waals surface area contributed by atoms with Gasteiger partial charge >= 0.3 is 0 Å². The molecule has 0 fully saturated rings. The van der Waals surface area contributed by atoms with E-state index in [4.69, 9.17) is 0 Å². The minimum atomic E-state index is -3.32. The topological polar surface area (TPSA) is 34.1 Å². The van der Waals surface area contributed by atoms with Gasteiger partial charge in [-0.3, -0.25) is 0 Å². The van der Waals surface area contributed by atoms with Crippen LogP contribution in [0.15, 0.2) is 47.4 Å². The van der Waals surface area contributed by atoms with Gasteiger partial charge in [0.15, 0.2) is 0 Å². The second-order valence-corrected chi connectivity index (χ2v) is 6.79. The Balaban J connectivity index is 2.92. The first-order chi connectivity index (χ1) is 6.59. The molecule has 0 aliphatic heterocycles. The number of halogens is 1. The van der Waals surface area contributed by atoms with E-state index in [0.29, 0.717) is 4.90 Å². The smallest absolute Gasteiger partial charge is 0.212 e. The lowest BCUT2D eigenvalue weighted by molar-refractivity contribution is 0.612. The molecule has 0 radical (unpaired) electrons. The van der Waals surface area contributed by atoms with Crippen LogP contribution in [0.1, 0.15) is 0 Å². The van der Waals surface area contributed by atoms with Gasteiger partial charge < -0.3 is 0 Å². The van der Waals surface area contributed by atoms with Gasteiger partial charge in [0.25, 0.3) is 0 Å². The second-order valence-electron chi connectivity index (χ2n) is 2.92. The highest BCUT2D eigenvalue weighted by molar-refractivity contribution is 9.47. The van der Waals surface area contributed by atoms with Gasteiger partial charge in [0.05, 0.1) is 19.7 Å². The Bertz CT molecular complexity index is 570. The lowest BCUT2D eigenvalue weighted by Gasteiger charge is -2.02. The third-order valence-corrected chi connectivity index (χ3v) is 3.94. The number of hydrogen-bond donors (Lipinski definition) is 0. The van der Waals surface area contributed by atoms with Crippen molar-refractivity contribution in [2.75, 3.05) is 0 Å². The fourth-order valence-electron chi connectivity index (χ4n) is 1.41. The molecule has 72 valence electrons. The first-order valence-electron chi connectivity index (χ1n) is 4.01. The highest BCUT2D eigenvalue weighted by Crippen LogP contribution is 2.26. The Morgan fingerprint density at radius 1 is 0.929 bits per heavy atom. The SMILES string of the molecule is O=S(=O)(Br)c1cccc2ccccc12. The highest BCUT2D eigenvalue weighted by Gasteiger charge is 2.12. The summed E-state index contributed by atoms with van der Waals surface area (Å²) in [5, 5.41) is 1.67. The van der Waals surface area contributed by atoms with Crippen molar-refractivity contribution in [3.8, 4) is 0 Å². The molecule has 4 heteroatoms. The van der Waals surface area contributed by atoms with Crippen molar-refractivity contribution in [2.24, 2.45) is 0 Å². The molecule has 0 heterocycles. The first kappa shape index (κ1) is 9.68. The van der Waals surface area contributed by atoms with Crippen molar-refractivity contribution in [2.45, 2.75) is 4.90 Å². The van der Waals surface area contributed by atoms with Crippen molar-refractivity contribution in [1.82, 2.24) is 0 Å². The molecule has 0 aliphatic rings. The molecule has 0 spiro atoms. The zero-order valence-corrected chi connectivity index (χ0v) is 9.55. The van der Waals surface area contributed by atoms with Gasteiger partial charge in [-0.1, -0.05) is 36.4 Å². The van der Waals surface area contributed by atoms with E-state index in [0.717, 1.165) is 10.8 Å². The Kier molecular flexibility index (Phi) is 2.33. The van der Waals surface area contributed by atoms with Gasteiger partial charge in [0.1, 0.15) is 0 Å². The van der Waals surface area contributed by atoms with Gasteiger partial charge in [-0.15, -0.1) is 0 Å². The molecule has 0 atom stereocenters. The minimum Gasteiger partial charge on any atom is -0.212 e. The van der Waals surface area contributed by atoms with Crippen molar-refractivity contribution in [3.63, 3.8) is 0 Å². The lowest BCUT2D eigenvalue weighted by atomic mass is 10.1. The quantitative estimate of drug-likeness (QED) is 0.747. The molecule has 0 unspecified atom stereocenters. The summed E-state index contributed by atoms with van der Waals surface area (Å²) in [5.41, 5.74) is 0. The molecule has 0 aromatic heterocycles. The molecule has 14 heavy (non-hydrogen) atoms. The minimum absolute atomic E-state index is 0.315. The van der Waals surface area contributed by atoms with Crippen LogP contribution in [0.4, 0.5) is 0 Å². The van der Waals surface area contributed by atoms with E-state index in [1.807, 2.05) is 24.3 Å². The van der Waals surface area contributed by atoms with Gasteiger partial charge in [0, 0.05) is 5.39 Å². The Morgan fingerprint density at radius 2 is 1.57 bits per heavy atom. The fourth-order valence-corrected chi connectivity index (χ4v) is 2.94. The molecule has 2 rings (SSSR count). The van der Waals surface area contributed by atoms with Gasteiger partial charge in [-0.25, -0.2) is 8.42 Å². The predicted molar refractivity (Wildman–Crippen MR) is 60.1 cm³/mol. The lowest BCUT2D eigenvalue weighted by Crippen LogP contribution is -1.90. The molecule has 0 amide bonds. The molecule has 0 bridgehead atoms. The van der Waals surface area contributed by atoms with E-state index in [2.05, 4.69) is 14.8 Å². The Labute approximate surface area is 89.7 Å². The summed E-state index contributed by atoms with van der Waals surface area (Å²) in [6.07, 6.45) is 0. The molecule has 2 aromatic carbocycles. The van der Waals surface area contributed by atoms with E-state index < -0.39 is 8.27 Å². The normalized spacial score (nSPS) is 11.8. The van der Waals surface area contributed by atoms with E-state index in [1.54, 1.807) is 18.2 Å². The maximum absolute atomic E-state index is 11.4. The number of fused-ring (bicyclic) bond motifs is 1. The zero-order valence-electron chi connectivity index (χ0n) is 7.14. The van der Waals surface area contributed by atoms with Gasteiger partial charge in [-0.05, 0) is 11.5 Å². The van der Waals surface area contributed by atoms with E-state index in [-0.39, 0.29) is 0 Å². The summed E-state index contributed by atoms with van der Waals surface area (Å²) in [7, 11) is -3.32. The van der Waals surface area contributed by atoms with Crippen LogP contribution in [0, 0.1) is 0 Å². The van der Waals surface area contributed by atoms with E-state index >= 15 is 0 Å². The summed E-state index contributed by atoms with van der Waals surface area (Å²) in [4.78, 5) is 0.315. The second kappa shape index (κ2) is 3.37. The third kappa shape index (κ3) is 1.67. The summed E-state index contributed by atoms with van der Waals surface area (Å²) >= 11 is 2.68. The summed E-state index contributed by atoms with van der Waals surface area (Å²) in [5.74, 6) is 0. The summed E-state index contributed by atoms with van der Waals surface area (Å²) in [6.45, 7) is 0. The number of benzene rings is 2. The summed E-state index contributed by atoms with van der Waals surface area (Å²) < 4.78 is 22.7. The van der Waals surface area contributed by atoms with Crippen molar-refractivity contribution >= 4 is 33.9 Å². The molecule has 0 saturated heterocycles. The first-order valence-corrected chi connectivity index (χ1v) is 7.34. The van der Waals surface area contributed by atoms with Crippen LogP contribution >= 0.6 is 14.8 Å². The van der Waals surface area contributed by atoms with Crippen LogP contribution in [0.5, 0.6) is 0 Å². The van der Waals surface area contributed by atoms with Crippen molar-refractivity contribution < 1.29 is 8.42 Å².